The summed E-state index contributed by atoms with van der Waals surface area (Å²) in [5.74, 6) is 1.24. The topological polar surface area (TPSA) is 59.2 Å². The Balaban J connectivity index is 1.39. The standard InChI is InChI=1S/C25H22ClN3O2/c26-20-9-3-1-8-18(20)15-19-16-27-24(31-19)23-11-5-6-14-29(23)25(30)22-13-12-17-7-2-4-10-21(17)28-22/h1-4,7-10,12-13,16,23H,5-6,11,14-15H2/t23-/m1/s1. The first kappa shape index (κ1) is 19.8. The van der Waals surface area contributed by atoms with Crippen LogP contribution in [0.1, 0.15) is 53.0 Å². The highest BCUT2D eigenvalue weighted by molar-refractivity contribution is 6.31. The average Bonchev–Trinajstić information content (AvgIpc) is 3.28. The highest BCUT2D eigenvalue weighted by Gasteiger charge is 2.32. The summed E-state index contributed by atoms with van der Waals surface area (Å²) >= 11 is 6.28. The summed E-state index contributed by atoms with van der Waals surface area (Å²) in [6.07, 6.45) is 5.12. The van der Waals surface area contributed by atoms with Crippen LogP contribution in [0.3, 0.4) is 0 Å². The molecule has 5 nitrogen and oxygen atoms in total. The van der Waals surface area contributed by atoms with E-state index in [0.717, 1.165) is 41.5 Å². The number of pyridine rings is 1. The average molecular weight is 432 g/mol. The van der Waals surface area contributed by atoms with Crippen LogP contribution in [-0.2, 0) is 6.42 Å². The van der Waals surface area contributed by atoms with Crippen LogP contribution in [0, 0.1) is 0 Å². The van der Waals surface area contributed by atoms with Gasteiger partial charge in [0.1, 0.15) is 17.5 Å². The van der Waals surface area contributed by atoms with Gasteiger partial charge in [-0.15, -0.1) is 0 Å². The number of amides is 1. The lowest BCUT2D eigenvalue weighted by molar-refractivity contribution is 0.0564. The Hall–Kier alpha value is -3.18. The van der Waals surface area contributed by atoms with E-state index in [1.165, 1.54) is 0 Å². The minimum atomic E-state index is -0.186. The van der Waals surface area contributed by atoms with Gasteiger partial charge >= 0.3 is 0 Å². The fourth-order valence-corrected chi connectivity index (χ4v) is 4.35. The molecule has 3 heterocycles. The van der Waals surface area contributed by atoms with E-state index in [1.54, 1.807) is 12.3 Å². The van der Waals surface area contributed by atoms with Gasteiger partial charge in [-0.3, -0.25) is 4.79 Å². The van der Waals surface area contributed by atoms with Crippen molar-refractivity contribution in [1.29, 1.82) is 0 Å². The lowest BCUT2D eigenvalue weighted by Gasteiger charge is -2.33. The molecule has 31 heavy (non-hydrogen) atoms. The van der Waals surface area contributed by atoms with Crippen LogP contribution in [0.2, 0.25) is 5.02 Å². The number of halogens is 1. The fourth-order valence-electron chi connectivity index (χ4n) is 4.15. The van der Waals surface area contributed by atoms with Gasteiger partial charge in [0.2, 0.25) is 5.89 Å². The van der Waals surface area contributed by atoms with Crippen molar-refractivity contribution >= 4 is 28.4 Å². The first-order chi connectivity index (χ1) is 15.2. The number of likely N-dealkylation sites (tertiary alicyclic amines) is 1. The third kappa shape index (κ3) is 4.06. The molecule has 4 aromatic rings. The van der Waals surface area contributed by atoms with Crippen molar-refractivity contribution in [3.63, 3.8) is 0 Å². The normalized spacial score (nSPS) is 16.5. The lowest BCUT2D eigenvalue weighted by atomic mass is 10.0. The maximum absolute atomic E-state index is 13.3. The van der Waals surface area contributed by atoms with Gasteiger partial charge in [0.05, 0.1) is 11.7 Å². The Morgan fingerprint density at radius 3 is 2.81 bits per heavy atom. The second kappa shape index (κ2) is 8.52. The van der Waals surface area contributed by atoms with Gasteiger partial charge in [-0.2, -0.15) is 0 Å². The first-order valence-corrected chi connectivity index (χ1v) is 10.9. The van der Waals surface area contributed by atoms with E-state index in [0.29, 0.717) is 29.6 Å². The SMILES string of the molecule is O=C(c1ccc2ccccc2n1)N1CCCC[C@@H]1c1ncc(Cc2ccccc2Cl)o1. The van der Waals surface area contributed by atoms with Gasteiger partial charge in [-0.1, -0.05) is 54.1 Å². The van der Waals surface area contributed by atoms with Crippen molar-refractivity contribution in [2.24, 2.45) is 0 Å². The van der Waals surface area contributed by atoms with Crippen LogP contribution in [0.15, 0.2) is 71.3 Å². The molecular weight excluding hydrogens is 410 g/mol. The molecule has 1 saturated heterocycles. The van der Waals surface area contributed by atoms with Crippen LogP contribution in [-0.4, -0.2) is 27.3 Å². The number of fused-ring (bicyclic) bond motifs is 1. The highest BCUT2D eigenvalue weighted by atomic mass is 35.5. The zero-order valence-corrected chi connectivity index (χ0v) is 17.8. The molecule has 2 aromatic heterocycles. The Kier molecular flexibility index (Phi) is 5.43. The summed E-state index contributed by atoms with van der Waals surface area (Å²) in [5, 5.41) is 1.73. The Bertz CT molecular complexity index is 1240. The van der Waals surface area contributed by atoms with E-state index >= 15 is 0 Å². The zero-order chi connectivity index (χ0) is 21.2. The van der Waals surface area contributed by atoms with E-state index in [2.05, 4.69) is 9.97 Å². The summed E-state index contributed by atoms with van der Waals surface area (Å²) in [7, 11) is 0. The Labute approximate surface area is 185 Å². The van der Waals surface area contributed by atoms with Gasteiger partial charge in [0.25, 0.3) is 5.91 Å². The van der Waals surface area contributed by atoms with Crippen LogP contribution in [0.4, 0.5) is 0 Å². The maximum Gasteiger partial charge on any atom is 0.273 e. The summed E-state index contributed by atoms with van der Waals surface area (Å²) in [5.41, 5.74) is 2.26. The van der Waals surface area contributed by atoms with Gasteiger partial charge in [0, 0.05) is 23.4 Å². The van der Waals surface area contributed by atoms with E-state index in [4.69, 9.17) is 16.0 Å². The van der Waals surface area contributed by atoms with Crippen LogP contribution in [0.5, 0.6) is 0 Å². The number of aromatic nitrogens is 2. The number of oxazole rings is 1. The van der Waals surface area contributed by atoms with Crippen molar-refractivity contribution in [2.45, 2.75) is 31.7 Å². The maximum atomic E-state index is 13.3. The molecule has 2 aromatic carbocycles. The molecule has 156 valence electrons. The smallest absolute Gasteiger partial charge is 0.273 e. The van der Waals surface area contributed by atoms with E-state index in [-0.39, 0.29) is 11.9 Å². The van der Waals surface area contributed by atoms with Gasteiger partial charge in [0.15, 0.2) is 0 Å². The predicted molar refractivity (Wildman–Crippen MR) is 120 cm³/mol. The molecule has 0 N–H and O–H groups in total. The second-order valence-corrected chi connectivity index (χ2v) is 8.24. The van der Waals surface area contributed by atoms with Gasteiger partial charge in [-0.25, -0.2) is 9.97 Å². The minimum Gasteiger partial charge on any atom is -0.443 e. The van der Waals surface area contributed by atoms with Crippen LogP contribution < -0.4 is 0 Å². The molecule has 0 spiro atoms. The number of benzene rings is 2. The molecule has 1 aliphatic heterocycles. The molecule has 1 fully saturated rings. The molecule has 1 amide bonds. The van der Waals surface area contributed by atoms with E-state index < -0.39 is 0 Å². The van der Waals surface area contributed by atoms with Crippen molar-refractivity contribution in [3.8, 4) is 0 Å². The summed E-state index contributed by atoms with van der Waals surface area (Å²) in [4.78, 5) is 24.3. The molecule has 0 unspecified atom stereocenters. The molecule has 0 aliphatic carbocycles. The number of carbonyl (C=O) groups excluding carboxylic acids is 1. The molecule has 0 bridgehead atoms. The van der Waals surface area contributed by atoms with Gasteiger partial charge < -0.3 is 9.32 Å². The summed E-state index contributed by atoms with van der Waals surface area (Å²) < 4.78 is 6.08. The number of carbonyl (C=O) groups is 1. The van der Waals surface area contributed by atoms with Crippen molar-refractivity contribution in [1.82, 2.24) is 14.9 Å². The predicted octanol–water partition coefficient (Wildman–Crippen LogP) is 5.83. The number of piperidine rings is 1. The Morgan fingerprint density at radius 1 is 1.06 bits per heavy atom. The minimum absolute atomic E-state index is 0.0821. The van der Waals surface area contributed by atoms with Gasteiger partial charge in [-0.05, 0) is 43.0 Å². The number of hydrogen-bond donors (Lipinski definition) is 0. The third-order valence-electron chi connectivity index (χ3n) is 5.76. The Morgan fingerprint density at radius 2 is 1.90 bits per heavy atom. The summed E-state index contributed by atoms with van der Waals surface area (Å²) in [6, 6.07) is 19.1. The molecular formula is C25H22ClN3O2. The molecule has 1 aliphatic rings. The third-order valence-corrected chi connectivity index (χ3v) is 6.13. The molecule has 6 heteroatoms. The number of hydrogen-bond acceptors (Lipinski definition) is 4. The molecule has 0 radical (unpaired) electrons. The first-order valence-electron chi connectivity index (χ1n) is 10.5. The summed E-state index contributed by atoms with van der Waals surface area (Å²) in [6.45, 7) is 0.667. The number of rotatable bonds is 4. The zero-order valence-electron chi connectivity index (χ0n) is 17.0. The monoisotopic (exact) mass is 431 g/mol. The van der Waals surface area contributed by atoms with E-state index in [1.807, 2.05) is 59.5 Å². The van der Waals surface area contributed by atoms with Crippen LogP contribution >= 0.6 is 11.6 Å². The molecule has 1 atom stereocenters. The fraction of sp³-hybridized carbons (Fsp3) is 0.240. The quantitative estimate of drug-likeness (QED) is 0.407. The van der Waals surface area contributed by atoms with Crippen molar-refractivity contribution < 1.29 is 9.21 Å². The lowest BCUT2D eigenvalue weighted by Crippen LogP contribution is -2.39. The molecule has 0 saturated carbocycles. The van der Waals surface area contributed by atoms with Crippen molar-refractivity contribution in [3.05, 3.63) is 94.8 Å². The second-order valence-electron chi connectivity index (χ2n) is 7.83. The highest BCUT2D eigenvalue weighted by Crippen LogP contribution is 2.32. The number of para-hydroxylation sites is 1. The van der Waals surface area contributed by atoms with E-state index in [9.17, 15) is 4.79 Å². The number of nitrogens with zero attached hydrogens (tertiary/aromatic N) is 3. The van der Waals surface area contributed by atoms with Crippen molar-refractivity contribution in [2.75, 3.05) is 6.54 Å². The molecule has 5 rings (SSSR count). The largest absolute Gasteiger partial charge is 0.443 e. The van der Waals surface area contributed by atoms with Crippen LogP contribution in [0.25, 0.3) is 10.9 Å².